The molecule has 0 heterocycles. The first-order chi connectivity index (χ1) is 6.59. The Balaban J connectivity index is 5.31. The smallest absolute Gasteiger partial charge is 0.342 e. The van der Waals surface area contributed by atoms with E-state index in [1.54, 1.807) is 0 Å². The fraction of sp³-hybridized carbons (Fsp3) is 0.667. The SMILES string of the molecule is CN(C)C(C(=O)O)C(C(=O)O)P(=O)(O)O. The van der Waals surface area contributed by atoms with Gasteiger partial charge in [0.15, 0.2) is 5.66 Å². The Labute approximate surface area is 85.3 Å². The number of nitrogens with zero attached hydrogens (tertiary/aromatic N) is 1. The lowest BCUT2D eigenvalue weighted by Gasteiger charge is -2.26. The molecule has 0 bridgehead atoms. The van der Waals surface area contributed by atoms with E-state index in [-0.39, 0.29) is 0 Å². The van der Waals surface area contributed by atoms with E-state index in [2.05, 4.69) is 0 Å². The van der Waals surface area contributed by atoms with Gasteiger partial charge in [-0.1, -0.05) is 0 Å². The Morgan fingerprint density at radius 2 is 1.53 bits per heavy atom. The van der Waals surface area contributed by atoms with Crippen LogP contribution in [-0.4, -0.2) is 62.6 Å². The van der Waals surface area contributed by atoms with Gasteiger partial charge in [0.05, 0.1) is 0 Å². The second-order valence-electron chi connectivity index (χ2n) is 3.12. The van der Waals surface area contributed by atoms with Gasteiger partial charge in [0.25, 0.3) is 0 Å². The quantitative estimate of drug-likeness (QED) is 0.433. The number of likely N-dealkylation sites (N-methyl/N-ethyl adjacent to an activating group) is 1. The van der Waals surface area contributed by atoms with Gasteiger partial charge < -0.3 is 20.0 Å². The Morgan fingerprint density at radius 3 is 1.60 bits per heavy atom. The van der Waals surface area contributed by atoms with Gasteiger partial charge in [-0.25, -0.2) is 0 Å². The van der Waals surface area contributed by atoms with E-state index in [1.165, 1.54) is 14.1 Å². The summed E-state index contributed by atoms with van der Waals surface area (Å²) in [7, 11) is -2.56. The Morgan fingerprint density at radius 1 is 1.13 bits per heavy atom. The lowest BCUT2D eigenvalue weighted by atomic mass is 10.2. The summed E-state index contributed by atoms with van der Waals surface area (Å²) >= 11 is 0. The highest BCUT2D eigenvalue weighted by Crippen LogP contribution is 2.44. The summed E-state index contributed by atoms with van der Waals surface area (Å²) in [5.41, 5.74) is -2.27. The third-order valence-corrected chi connectivity index (χ3v) is 2.95. The van der Waals surface area contributed by atoms with Crippen LogP contribution in [-0.2, 0) is 14.2 Å². The van der Waals surface area contributed by atoms with Crippen molar-refractivity contribution in [2.45, 2.75) is 11.7 Å². The van der Waals surface area contributed by atoms with E-state index < -0.39 is 31.2 Å². The van der Waals surface area contributed by atoms with Crippen LogP contribution in [0.4, 0.5) is 0 Å². The van der Waals surface area contributed by atoms with Crippen molar-refractivity contribution in [3.8, 4) is 0 Å². The minimum Gasteiger partial charge on any atom is -0.480 e. The van der Waals surface area contributed by atoms with Crippen LogP contribution in [0.5, 0.6) is 0 Å². The molecular weight excluding hydrogens is 229 g/mol. The van der Waals surface area contributed by atoms with E-state index in [1.807, 2.05) is 0 Å². The molecule has 9 heteroatoms. The van der Waals surface area contributed by atoms with Crippen molar-refractivity contribution in [2.24, 2.45) is 0 Å². The summed E-state index contributed by atoms with van der Waals surface area (Å²) in [5.74, 6) is -3.44. The van der Waals surface area contributed by atoms with Crippen LogP contribution in [0.1, 0.15) is 0 Å². The molecule has 2 atom stereocenters. The summed E-state index contributed by atoms with van der Waals surface area (Å²) < 4.78 is 10.8. The van der Waals surface area contributed by atoms with Gasteiger partial charge in [0.1, 0.15) is 6.04 Å². The number of carboxylic acids is 2. The number of carbonyl (C=O) groups is 2. The number of aliphatic carboxylic acids is 2. The van der Waals surface area contributed by atoms with Crippen LogP contribution in [0, 0.1) is 0 Å². The third kappa shape index (κ3) is 3.60. The summed E-state index contributed by atoms with van der Waals surface area (Å²) in [4.78, 5) is 39.7. The molecule has 0 aliphatic carbocycles. The van der Waals surface area contributed by atoms with E-state index in [9.17, 15) is 14.2 Å². The molecule has 0 rings (SSSR count). The van der Waals surface area contributed by atoms with Crippen molar-refractivity contribution < 1.29 is 34.2 Å². The van der Waals surface area contributed by atoms with Crippen LogP contribution in [0.15, 0.2) is 0 Å². The largest absolute Gasteiger partial charge is 0.480 e. The standard InChI is InChI=1S/C6H12NO7P/c1-7(2)3(5(8)9)4(6(10)11)15(12,13)14/h3-4H,1-2H3,(H,8,9)(H,10,11)(H2,12,13,14). The van der Waals surface area contributed by atoms with Crippen molar-refractivity contribution in [3.05, 3.63) is 0 Å². The molecule has 8 nitrogen and oxygen atoms in total. The zero-order valence-electron chi connectivity index (χ0n) is 8.06. The molecule has 0 aliphatic rings. The average Bonchev–Trinajstić information content (AvgIpc) is 1.94. The van der Waals surface area contributed by atoms with Crippen LogP contribution >= 0.6 is 7.60 Å². The highest BCUT2D eigenvalue weighted by molar-refractivity contribution is 7.53. The molecule has 0 aromatic heterocycles. The minimum absolute atomic E-state index is 0.931. The highest BCUT2D eigenvalue weighted by atomic mass is 31.2. The molecule has 4 N–H and O–H groups in total. The van der Waals surface area contributed by atoms with Crippen LogP contribution in [0.3, 0.4) is 0 Å². The second kappa shape index (κ2) is 4.71. The lowest BCUT2D eigenvalue weighted by molar-refractivity contribution is -0.148. The number of hydrogen-bond acceptors (Lipinski definition) is 4. The maximum Gasteiger partial charge on any atom is 0.342 e. The molecular formula is C6H12NO7P. The molecule has 0 amide bonds. The first-order valence-electron chi connectivity index (χ1n) is 3.76. The summed E-state index contributed by atoms with van der Waals surface area (Å²) in [6.07, 6.45) is 0. The molecule has 0 aromatic rings. The van der Waals surface area contributed by atoms with Gasteiger partial charge in [-0.15, -0.1) is 0 Å². The highest BCUT2D eigenvalue weighted by Gasteiger charge is 2.47. The van der Waals surface area contributed by atoms with Crippen molar-refractivity contribution in [2.75, 3.05) is 14.1 Å². The molecule has 0 radical (unpaired) electrons. The number of carboxylic acid groups (broad SMARTS) is 2. The topological polar surface area (TPSA) is 135 Å². The predicted molar refractivity (Wildman–Crippen MR) is 48.6 cm³/mol. The molecule has 15 heavy (non-hydrogen) atoms. The van der Waals surface area contributed by atoms with Crippen LogP contribution in [0.2, 0.25) is 0 Å². The van der Waals surface area contributed by atoms with E-state index in [0.717, 1.165) is 4.90 Å². The molecule has 0 saturated carbocycles. The van der Waals surface area contributed by atoms with Crippen molar-refractivity contribution in [1.29, 1.82) is 0 Å². The fourth-order valence-electron chi connectivity index (χ4n) is 1.10. The predicted octanol–water partition coefficient (Wildman–Crippen LogP) is -1.37. The van der Waals surface area contributed by atoms with Gasteiger partial charge >= 0.3 is 19.5 Å². The monoisotopic (exact) mass is 241 g/mol. The zero-order chi connectivity index (χ0) is 12.4. The molecule has 0 spiro atoms. The second-order valence-corrected chi connectivity index (χ2v) is 4.85. The van der Waals surface area contributed by atoms with Gasteiger partial charge in [-0.05, 0) is 14.1 Å². The molecule has 0 aromatic carbocycles. The lowest BCUT2D eigenvalue weighted by Crippen LogP contribution is -2.48. The Kier molecular flexibility index (Phi) is 4.42. The molecule has 88 valence electrons. The van der Waals surface area contributed by atoms with Gasteiger partial charge in [-0.2, -0.15) is 0 Å². The maximum absolute atomic E-state index is 10.8. The fourth-order valence-corrected chi connectivity index (χ4v) is 2.15. The van der Waals surface area contributed by atoms with Gasteiger partial charge in [0.2, 0.25) is 0 Å². The van der Waals surface area contributed by atoms with Crippen molar-refractivity contribution >= 4 is 19.5 Å². The van der Waals surface area contributed by atoms with E-state index >= 15 is 0 Å². The van der Waals surface area contributed by atoms with Gasteiger partial charge in [-0.3, -0.25) is 19.1 Å². The number of hydrogen-bond donors (Lipinski definition) is 4. The summed E-state index contributed by atoms with van der Waals surface area (Å²) in [5, 5.41) is 17.3. The number of rotatable bonds is 5. The summed E-state index contributed by atoms with van der Waals surface area (Å²) in [6, 6.07) is -1.77. The normalized spacial score (nSPS) is 16.1. The molecule has 2 unspecified atom stereocenters. The Bertz CT molecular complexity index is 309. The van der Waals surface area contributed by atoms with E-state index in [0.29, 0.717) is 0 Å². The maximum atomic E-state index is 10.8. The molecule has 0 aliphatic heterocycles. The average molecular weight is 241 g/mol. The van der Waals surface area contributed by atoms with Crippen LogP contribution in [0.25, 0.3) is 0 Å². The Hall–Kier alpha value is -0.950. The minimum atomic E-state index is -5.02. The summed E-state index contributed by atoms with van der Waals surface area (Å²) in [6.45, 7) is 0. The third-order valence-electron chi connectivity index (χ3n) is 1.72. The van der Waals surface area contributed by atoms with Crippen molar-refractivity contribution in [1.82, 2.24) is 4.90 Å². The first-order valence-corrected chi connectivity index (χ1v) is 5.44. The van der Waals surface area contributed by atoms with E-state index in [4.69, 9.17) is 20.0 Å². The zero-order valence-corrected chi connectivity index (χ0v) is 8.96. The first kappa shape index (κ1) is 14.1. The molecule has 0 fully saturated rings. The van der Waals surface area contributed by atoms with Crippen molar-refractivity contribution in [3.63, 3.8) is 0 Å². The molecule has 0 saturated heterocycles. The van der Waals surface area contributed by atoms with Crippen LogP contribution < -0.4 is 0 Å². The van der Waals surface area contributed by atoms with Gasteiger partial charge in [0, 0.05) is 0 Å².